The van der Waals surface area contributed by atoms with Crippen LogP contribution in [0.2, 0.25) is 10.0 Å². The van der Waals surface area contributed by atoms with Gasteiger partial charge in [-0.15, -0.1) is 0 Å². The van der Waals surface area contributed by atoms with E-state index in [1.807, 2.05) is 30.1 Å². The standard InChI is InChI=1S/C29H36Cl2N2O3/c1-32(27(34)15-21-8-9-25(30)26(31)14-21)23-10-11-29(35)19-33(18-20-6-7-20)13-12-28(29,17-23)22-4-3-5-24(16-22)36-2/h3-5,8-9,14,16,20,23,35H,6-7,10-13,15,17-19H2,1-2H3/t23-,28+,29+/m1/s1. The lowest BCUT2D eigenvalue weighted by atomic mass is 9.55. The number of ether oxygens (including phenoxy) is 1. The Bertz CT molecular complexity index is 1120. The molecule has 36 heavy (non-hydrogen) atoms. The van der Waals surface area contributed by atoms with E-state index in [-0.39, 0.29) is 18.4 Å². The number of amides is 1. The second-order valence-electron chi connectivity index (χ2n) is 11.1. The van der Waals surface area contributed by atoms with Gasteiger partial charge < -0.3 is 19.6 Å². The highest BCUT2D eigenvalue weighted by molar-refractivity contribution is 6.42. The lowest BCUT2D eigenvalue weighted by Crippen LogP contribution is -2.67. The van der Waals surface area contributed by atoms with Gasteiger partial charge in [0.25, 0.3) is 0 Å². The van der Waals surface area contributed by atoms with E-state index in [1.54, 1.807) is 19.2 Å². The number of carbonyl (C=O) groups is 1. The third-order valence-electron chi connectivity index (χ3n) is 8.82. The molecular formula is C29H36Cl2N2O3. The number of hydrogen-bond donors (Lipinski definition) is 1. The molecule has 5 nitrogen and oxygen atoms in total. The molecule has 3 atom stereocenters. The average Bonchev–Trinajstić information content (AvgIpc) is 3.69. The van der Waals surface area contributed by atoms with E-state index >= 15 is 0 Å². The van der Waals surface area contributed by atoms with Gasteiger partial charge in [0.2, 0.25) is 5.91 Å². The number of carbonyl (C=O) groups excluding carboxylic acids is 1. The summed E-state index contributed by atoms with van der Waals surface area (Å²) in [5, 5.41) is 13.2. The van der Waals surface area contributed by atoms with Gasteiger partial charge >= 0.3 is 0 Å². The Balaban J connectivity index is 1.40. The normalized spacial score (nSPS) is 28.4. The van der Waals surface area contributed by atoms with Crippen LogP contribution in [0.1, 0.15) is 49.7 Å². The number of benzene rings is 2. The van der Waals surface area contributed by atoms with Gasteiger partial charge in [-0.2, -0.15) is 0 Å². The predicted molar refractivity (Wildman–Crippen MR) is 144 cm³/mol. The summed E-state index contributed by atoms with van der Waals surface area (Å²) in [7, 11) is 3.58. The first kappa shape index (κ1) is 25.8. The third kappa shape index (κ3) is 5.00. The maximum absolute atomic E-state index is 13.3. The molecule has 0 radical (unpaired) electrons. The Morgan fingerprint density at radius 2 is 1.94 bits per heavy atom. The van der Waals surface area contributed by atoms with Crippen molar-refractivity contribution in [3.05, 3.63) is 63.6 Å². The van der Waals surface area contributed by atoms with E-state index in [9.17, 15) is 9.90 Å². The van der Waals surface area contributed by atoms with Crippen molar-refractivity contribution in [1.29, 1.82) is 0 Å². The Morgan fingerprint density at radius 3 is 2.67 bits per heavy atom. The van der Waals surface area contributed by atoms with Gasteiger partial charge in [-0.05, 0) is 86.4 Å². The fourth-order valence-corrected chi connectivity index (χ4v) is 6.78. The number of rotatable bonds is 7. The minimum Gasteiger partial charge on any atom is -0.497 e. The van der Waals surface area contributed by atoms with Gasteiger partial charge in [-0.1, -0.05) is 41.4 Å². The SMILES string of the molecule is COc1cccc([C@@]23CCN(CC4CC4)C[C@@]2(O)CC[C@@H](N(C)C(=O)Cc2ccc(Cl)c(Cl)c2)C3)c1. The van der Waals surface area contributed by atoms with Gasteiger partial charge in [0.05, 0.1) is 29.2 Å². The zero-order chi connectivity index (χ0) is 25.5. The molecule has 2 aliphatic carbocycles. The highest BCUT2D eigenvalue weighted by Gasteiger charge is 2.58. The summed E-state index contributed by atoms with van der Waals surface area (Å²) in [6, 6.07) is 13.6. The van der Waals surface area contributed by atoms with Crippen LogP contribution in [0, 0.1) is 5.92 Å². The van der Waals surface area contributed by atoms with Crippen LogP contribution >= 0.6 is 23.2 Å². The number of methoxy groups -OCH3 is 1. The molecule has 1 heterocycles. The molecule has 0 spiro atoms. The average molecular weight is 532 g/mol. The monoisotopic (exact) mass is 530 g/mol. The summed E-state index contributed by atoms with van der Waals surface area (Å²) in [6.07, 6.45) is 5.94. The summed E-state index contributed by atoms with van der Waals surface area (Å²) in [4.78, 5) is 17.7. The minimum absolute atomic E-state index is 0.0433. The number of aliphatic hydroxyl groups is 1. The molecule has 3 fully saturated rings. The van der Waals surface area contributed by atoms with Gasteiger partial charge in [0.15, 0.2) is 0 Å². The van der Waals surface area contributed by atoms with E-state index in [2.05, 4.69) is 17.0 Å². The minimum atomic E-state index is -0.837. The third-order valence-corrected chi connectivity index (χ3v) is 9.56. The Kier molecular flexibility index (Phi) is 7.30. The topological polar surface area (TPSA) is 53.0 Å². The number of β-amino-alcohol motifs (C(OH)–C–C–N with tert-alkyl or cyclic N) is 1. The molecule has 7 heteroatoms. The quantitative estimate of drug-likeness (QED) is 0.524. The van der Waals surface area contributed by atoms with Crippen molar-refractivity contribution >= 4 is 29.1 Å². The van der Waals surface area contributed by atoms with Crippen molar-refractivity contribution in [1.82, 2.24) is 9.80 Å². The summed E-state index contributed by atoms with van der Waals surface area (Å²) >= 11 is 12.2. The van der Waals surface area contributed by atoms with Gasteiger partial charge in [-0.3, -0.25) is 4.79 Å². The molecule has 0 bridgehead atoms. The molecule has 1 aliphatic heterocycles. The number of hydrogen-bond acceptors (Lipinski definition) is 4. The molecule has 0 unspecified atom stereocenters. The molecule has 1 saturated heterocycles. The number of halogens is 2. The highest BCUT2D eigenvalue weighted by atomic mass is 35.5. The van der Waals surface area contributed by atoms with E-state index in [4.69, 9.17) is 27.9 Å². The van der Waals surface area contributed by atoms with Crippen LogP contribution in [0.15, 0.2) is 42.5 Å². The fourth-order valence-electron chi connectivity index (χ4n) is 6.46. The van der Waals surface area contributed by atoms with Crippen LogP contribution in [0.25, 0.3) is 0 Å². The molecule has 1 N–H and O–H groups in total. The molecule has 2 aromatic rings. The van der Waals surface area contributed by atoms with Crippen molar-refractivity contribution in [2.45, 2.75) is 62.0 Å². The Labute approximate surface area is 224 Å². The number of likely N-dealkylation sites (tertiary alicyclic amines) is 1. The van der Waals surface area contributed by atoms with E-state index in [0.717, 1.165) is 55.1 Å². The van der Waals surface area contributed by atoms with Gasteiger partial charge in [0.1, 0.15) is 5.75 Å². The van der Waals surface area contributed by atoms with E-state index in [1.165, 1.54) is 12.8 Å². The lowest BCUT2D eigenvalue weighted by Gasteiger charge is -2.59. The predicted octanol–water partition coefficient (Wildman–Crippen LogP) is 5.34. The van der Waals surface area contributed by atoms with Gasteiger partial charge in [-0.25, -0.2) is 0 Å². The van der Waals surface area contributed by atoms with Crippen LogP contribution in [0.5, 0.6) is 5.75 Å². The van der Waals surface area contributed by atoms with Crippen LogP contribution < -0.4 is 4.74 Å². The lowest BCUT2D eigenvalue weighted by molar-refractivity contribution is -0.147. The van der Waals surface area contributed by atoms with Crippen LogP contribution in [-0.4, -0.2) is 66.2 Å². The molecule has 3 aliphatic rings. The van der Waals surface area contributed by atoms with Crippen molar-refractivity contribution in [2.24, 2.45) is 5.92 Å². The number of likely N-dealkylation sites (N-methyl/N-ethyl adjacent to an activating group) is 1. The summed E-state index contributed by atoms with van der Waals surface area (Å²) in [5.74, 6) is 1.64. The van der Waals surface area contributed by atoms with Crippen molar-refractivity contribution in [3.63, 3.8) is 0 Å². The first-order valence-corrected chi connectivity index (χ1v) is 13.8. The molecule has 1 amide bonds. The largest absolute Gasteiger partial charge is 0.497 e. The summed E-state index contributed by atoms with van der Waals surface area (Å²) in [6.45, 7) is 2.74. The van der Waals surface area contributed by atoms with Crippen molar-refractivity contribution < 1.29 is 14.6 Å². The fraction of sp³-hybridized carbons (Fsp3) is 0.552. The van der Waals surface area contributed by atoms with Gasteiger partial charge in [0, 0.05) is 31.6 Å². The second kappa shape index (κ2) is 10.2. The summed E-state index contributed by atoms with van der Waals surface area (Å²) < 4.78 is 5.56. The molecule has 194 valence electrons. The van der Waals surface area contributed by atoms with E-state index < -0.39 is 11.0 Å². The molecule has 5 rings (SSSR count). The van der Waals surface area contributed by atoms with Crippen LogP contribution in [0.3, 0.4) is 0 Å². The number of fused-ring (bicyclic) bond motifs is 1. The Hall–Kier alpha value is -1.79. The van der Waals surface area contributed by atoms with Crippen molar-refractivity contribution in [3.8, 4) is 5.75 Å². The maximum atomic E-state index is 13.3. The molecule has 2 aromatic carbocycles. The first-order valence-electron chi connectivity index (χ1n) is 13.0. The highest BCUT2D eigenvalue weighted by Crippen LogP contribution is 2.53. The Morgan fingerprint density at radius 1 is 1.14 bits per heavy atom. The molecule has 2 saturated carbocycles. The van der Waals surface area contributed by atoms with Crippen LogP contribution in [-0.2, 0) is 16.6 Å². The maximum Gasteiger partial charge on any atom is 0.226 e. The van der Waals surface area contributed by atoms with Crippen molar-refractivity contribution in [2.75, 3.05) is 33.8 Å². The molecular weight excluding hydrogens is 495 g/mol. The molecule has 0 aromatic heterocycles. The summed E-state index contributed by atoms with van der Waals surface area (Å²) in [5.41, 5.74) is 0.703. The van der Waals surface area contributed by atoms with Crippen LogP contribution in [0.4, 0.5) is 0 Å². The zero-order valence-corrected chi connectivity index (χ0v) is 22.7. The zero-order valence-electron chi connectivity index (χ0n) is 21.2. The number of nitrogens with zero attached hydrogens (tertiary/aromatic N) is 2. The van der Waals surface area contributed by atoms with E-state index in [0.29, 0.717) is 23.0 Å². The smallest absolute Gasteiger partial charge is 0.226 e. The number of piperidine rings is 1. The second-order valence-corrected chi connectivity index (χ2v) is 11.9. The first-order chi connectivity index (χ1) is 17.2.